The van der Waals surface area contributed by atoms with Crippen LogP contribution in [0.25, 0.3) is 0 Å². The molecule has 1 saturated carbocycles. The lowest BCUT2D eigenvalue weighted by atomic mass is 9.64. The number of rotatable bonds is 15. The van der Waals surface area contributed by atoms with Crippen LogP contribution in [0.3, 0.4) is 0 Å². The van der Waals surface area contributed by atoms with Gasteiger partial charge in [0.2, 0.25) is 6.79 Å². The molecule has 11 nitrogen and oxygen atoms in total. The Labute approximate surface area is 258 Å². The highest BCUT2D eigenvalue weighted by Crippen LogP contribution is 2.48. The summed E-state index contributed by atoms with van der Waals surface area (Å²) in [6, 6.07) is 16.4. The third-order valence-electron chi connectivity index (χ3n) is 8.61. The molecule has 3 unspecified atom stereocenters. The molecule has 1 aliphatic heterocycles. The van der Waals surface area contributed by atoms with Crippen LogP contribution >= 0.6 is 7.75 Å². The second-order valence-electron chi connectivity index (χ2n) is 12.4. The summed E-state index contributed by atoms with van der Waals surface area (Å²) in [5, 5.41) is 12.5. The number of hydrogen-bond acceptors (Lipinski definition) is 9. The van der Waals surface area contributed by atoms with Crippen molar-refractivity contribution in [3.05, 3.63) is 66.2 Å². The summed E-state index contributed by atoms with van der Waals surface area (Å²) in [4.78, 5) is 38.5. The topological polar surface area (TPSA) is 147 Å². The molecule has 12 heteroatoms. The van der Waals surface area contributed by atoms with Gasteiger partial charge in [0, 0.05) is 11.8 Å². The van der Waals surface area contributed by atoms with E-state index in [2.05, 4.69) is 5.09 Å². The van der Waals surface area contributed by atoms with Crippen molar-refractivity contribution in [1.82, 2.24) is 5.09 Å². The van der Waals surface area contributed by atoms with Gasteiger partial charge in [-0.1, -0.05) is 48.5 Å². The van der Waals surface area contributed by atoms with E-state index in [1.807, 2.05) is 30.3 Å². The van der Waals surface area contributed by atoms with Crippen LogP contribution in [0.15, 0.2) is 60.7 Å². The zero-order chi connectivity index (χ0) is 32.0. The van der Waals surface area contributed by atoms with Crippen molar-refractivity contribution in [3.63, 3.8) is 0 Å². The number of carboxylic acid groups (broad SMARTS) is 1. The number of carbonyl (C=O) groups is 3. The normalized spacial score (nSPS) is 21.0. The second-order valence-corrected chi connectivity index (χ2v) is 14.1. The lowest BCUT2D eigenvalue weighted by Crippen LogP contribution is -2.45. The van der Waals surface area contributed by atoms with Crippen LogP contribution in [0.1, 0.15) is 52.5 Å². The summed E-state index contributed by atoms with van der Waals surface area (Å²) in [5.74, 6) is -2.96. The van der Waals surface area contributed by atoms with E-state index in [-0.39, 0.29) is 31.5 Å². The lowest BCUT2D eigenvalue weighted by molar-refractivity contribution is -0.168. The highest BCUT2D eigenvalue weighted by molar-refractivity contribution is 7.52. The molecule has 2 aromatic carbocycles. The summed E-state index contributed by atoms with van der Waals surface area (Å²) in [5.41, 5.74) is -1.50. The van der Waals surface area contributed by atoms with E-state index in [0.29, 0.717) is 0 Å². The molecule has 2 N–H and O–H groups in total. The molecule has 1 aliphatic carbocycles. The molecule has 0 aromatic heterocycles. The monoisotopic (exact) mass is 631 g/mol. The predicted octanol–water partition coefficient (Wildman–Crippen LogP) is 5.39. The number of para-hydroxylation sites is 1. The van der Waals surface area contributed by atoms with Crippen LogP contribution in [0.4, 0.5) is 0 Å². The van der Waals surface area contributed by atoms with E-state index in [1.165, 1.54) is 0 Å². The number of hydrogen-bond donors (Lipinski definition) is 2. The van der Waals surface area contributed by atoms with Gasteiger partial charge in [0.1, 0.15) is 17.9 Å². The average molecular weight is 632 g/mol. The molecule has 0 spiro atoms. The zero-order valence-electron chi connectivity index (χ0n) is 25.6. The summed E-state index contributed by atoms with van der Waals surface area (Å²) >= 11 is 0. The molecule has 2 fully saturated rings. The number of aliphatic carboxylic acids is 1. The fourth-order valence-corrected chi connectivity index (χ4v) is 6.64. The van der Waals surface area contributed by atoms with Gasteiger partial charge in [0.15, 0.2) is 0 Å². The minimum absolute atomic E-state index is 0.146. The summed E-state index contributed by atoms with van der Waals surface area (Å²) in [6.07, 6.45) is 2.45. The molecule has 2 aliphatic rings. The molecule has 1 heterocycles. The molecule has 1 saturated heterocycles. The van der Waals surface area contributed by atoms with Gasteiger partial charge >= 0.3 is 25.7 Å². The maximum absolute atomic E-state index is 14.2. The van der Waals surface area contributed by atoms with Gasteiger partial charge in [-0.2, -0.15) is 5.09 Å². The third kappa shape index (κ3) is 8.27. The van der Waals surface area contributed by atoms with Gasteiger partial charge < -0.3 is 23.8 Å². The molecule has 0 radical (unpaired) electrons. The molecule has 0 bridgehead atoms. The van der Waals surface area contributed by atoms with Crippen molar-refractivity contribution in [2.24, 2.45) is 22.7 Å². The van der Waals surface area contributed by atoms with E-state index >= 15 is 0 Å². The van der Waals surface area contributed by atoms with Crippen molar-refractivity contribution >= 4 is 25.7 Å². The molecule has 44 heavy (non-hydrogen) atoms. The molecular formula is C32H42NO10P. The van der Waals surface area contributed by atoms with Crippen molar-refractivity contribution in [3.8, 4) is 5.75 Å². The van der Waals surface area contributed by atoms with Crippen molar-refractivity contribution in [1.29, 1.82) is 0 Å². The molecule has 2 aromatic rings. The van der Waals surface area contributed by atoms with E-state index < -0.39 is 61.2 Å². The number of benzene rings is 2. The number of carbonyl (C=O) groups excluding carboxylic acids is 2. The third-order valence-corrected chi connectivity index (χ3v) is 10.1. The Morgan fingerprint density at radius 3 is 2.11 bits per heavy atom. The minimum atomic E-state index is -4.34. The van der Waals surface area contributed by atoms with Crippen molar-refractivity contribution < 1.29 is 47.3 Å². The van der Waals surface area contributed by atoms with E-state index in [9.17, 15) is 24.1 Å². The molecular weight excluding hydrogens is 589 g/mol. The van der Waals surface area contributed by atoms with Crippen molar-refractivity contribution in [2.45, 2.75) is 65.5 Å². The predicted molar refractivity (Wildman–Crippen MR) is 161 cm³/mol. The van der Waals surface area contributed by atoms with E-state index in [1.54, 1.807) is 58.0 Å². The van der Waals surface area contributed by atoms with Gasteiger partial charge in [-0.15, -0.1) is 0 Å². The minimum Gasteiger partial charge on any atom is -0.481 e. The molecule has 4 rings (SSSR count). The van der Waals surface area contributed by atoms with Gasteiger partial charge in [-0.25, -0.2) is 9.09 Å². The number of ether oxygens (including phenoxy) is 3. The van der Waals surface area contributed by atoms with Crippen LogP contribution < -0.4 is 9.61 Å². The van der Waals surface area contributed by atoms with Gasteiger partial charge in [0.05, 0.1) is 24.0 Å². The largest absolute Gasteiger partial charge is 0.481 e. The summed E-state index contributed by atoms with van der Waals surface area (Å²) in [7, 11) is -4.34. The summed E-state index contributed by atoms with van der Waals surface area (Å²) in [6.45, 7) is 6.16. The lowest BCUT2D eigenvalue weighted by Gasteiger charge is -2.37. The Balaban J connectivity index is 1.49. The maximum atomic E-state index is 14.2. The first-order valence-electron chi connectivity index (χ1n) is 14.8. The average Bonchev–Trinajstić information content (AvgIpc) is 3.47. The van der Waals surface area contributed by atoms with Crippen LogP contribution in [0.5, 0.6) is 5.75 Å². The van der Waals surface area contributed by atoms with Gasteiger partial charge in [0.25, 0.3) is 0 Å². The Bertz CT molecular complexity index is 1330. The highest BCUT2D eigenvalue weighted by Gasteiger charge is 2.53. The Morgan fingerprint density at radius 2 is 1.55 bits per heavy atom. The van der Waals surface area contributed by atoms with Crippen molar-refractivity contribution in [2.75, 3.05) is 20.0 Å². The van der Waals surface area contributed by atoms with Crippen LogP contribution in [0, 0.1) is 22.7 Å². The Hall–Kier alpha value is -3.24. The van der Waals surface area contributed by atoms with Crippen LogP contribution in [-0.2, 0) is 44.1 Å². The second kappa shape index (κ2) is 14.2. The highest BCUT2D eigenvalue weighted by atomic mass is 31.2. The maximum Gasteiger partial charge on any atom is 0.462 e. The summed E-state index contributed by atoms with van der Waals surface area (Å²) < 4.78 is 42.2. The molecule has 4 atom stereocenters. The molecule has 240 valence electrons. The standard InChI is InChI=1S/C32H42NO10P/c1-31(2,29(35)36)25-19-39-20-26(25)32(3,4)30(37)40-21-41-44(38,43-24-14-9-6-10-15-24)33-27(18-22-12-7-5-8-13-22)28(34)42-23-16-11-17-23/h5-10,12-15,23,25-27H,11,16-21H2,1-4H3,(H,33,38)(H,35,36)/t25?,26?,27-,44?/m0/s1. The first kappa shape index (κ1) is 33.6. The van der Waals surface area contributed by atoms with Crippen LogP contribution in [-0.4, -0.2) is 55.2 Å². The number of esters is 2. The Kier molecular flexibility index (Phi) is 10.9. The van der Waals surface area contributed by atoms with Crippen LogP contribution in [0.2, 0.25) is 0 Å². The first-order valence-corrected chi connectivity index (χ1v) is 16.4. The fourth-order valence-electron chi connectivity index (χ4n) is 5.29. The van der Waals surface area contributed by atoms with Gasteiger partial charge in [-0.05, 0) is 71.1 Å². The first-order chi connectivity index (χ1) is 20.8. The molecule has 0 amide bonds. The Morgan fingerprint density at radius 1 is 0.955 bits per heavy atom. The fraction of sp³-hybridized carbons (Fsp3) is 0.531. The smallest absolute Gasteiger partial charge is 0.462 e. The van der Waals surface area contributed by atoms with E-state index in [4.69, 9.17) is 23.3 Å². The number of nitrogens with one attached hydrogen (secondary N) is 1. The number of carboxylic acids is 1. The SMILES string of the molecule is CC(C)(C(=O)O)C1COCC1C(C)(C)C(=O)OCOP(=O)(N[C@@H](Cc1ccccc1)C(=O)OC1CCC1)Oc1ccccc1. The quantitative estimate of drug-likeness (QED) is 0.148. The van der Waals surface area contributed by atoms with E-state index in [0.717, 1.165) is 24.8 Å². The zero-order valence-corrected chi connectivity index (χ0v) is 26.5. The van der Waals surface area contributed by atoms with Gasteiger partial charge in [-0.3, -0.25) is 14.4 Å².